The molecular weight excluding hydrogens is 377 g/mol. The maximum absolute atomic E-state index is 12.8. The first kappa shape index (κ1) is 18.0. The highest BCUT2D eigenvalue weighted by Gasteiger charge is 2.20. The van der Waals surface area contributed by atoms with Gasteiger partial charge in [0.25, 0.3) is 0 Å². The fourth-order valence-electron chi connectivity index (χ4n) is 1.87. The van der Waals surface area contributed by atoms with Crippen molar-refractivity contribution < 1.29 is 17.5 Å². The van der Waals surface area contributed by atoms with Crippen LogP contribution in [0.2, 0.25) is 10.0 Å². The van der Waals surface area contributed by atoms with Crippen LogP contribution in [0.15, 0.2) is 16.9 Å². The zero-order valence-electron chi connectivity index (χ0n) is 11.4. The first-order valence-electron chi connectivity index (χ1n) is 5.99. The highest BCUT2D eigenvalue weighted by atomic mass is 35.5. The summed E-state index contributed by atoms with van der Waals surface area (Å²) in [5.41, 5.74) is -0.767. The molecule has 0 bridgehead atoms. The molecule has 1 aromatic carbocycles. The fourth-order valence-corrected chi connectivity index (χ4v) is 2.68. The van der Waals surface area contributed by atoms with Crippen molar-refractivity contribution in [2.45, 2.75) is 20.0 Å². The van der Waals surface area contributed by atoms with Crippen molar-refractivity contribution >= 4 is 34.5 Å². The Kier molecular flexibility index (Phi) is 5.53. The molecule has 0 saturated carbocycles. The van der Waals surface area contributed by atoms with Gasteiger partial charge in [-0.3, -0.25) is 4.21 Å². The lowest BCUT2D eigenvalue weighted by molar-refractivity contribution is 0.0640. The predicted molar refractivity (Wildman–Crippen MR) is 79.6 cm³/mol. The minimum atomic E-state index is -3.05. The van der Waals surface area contributed by atoms with Crippen LogP contribution >= 0.6 is 23.2 Å². The zero-order chi connectivity index (χ0) is 17.3. The summed E-state index contributed by atoms with van der Waals surface area (Å²) < 4.78 is 49.8. The molecule has 0 radical (unpaired) electrons. The SMILES string of the molecule is Cc1nn(-c2cc(CNS(=O)[O-])c(Cl)cc2Cl)c(=O)n1C(F)F. The van der Waals surface area contributed by atoms with Gasteiger partial charge < -0.3 is 4.55 Å². The molecule has 2 aromatic rings. The Balaban J connectivity index is 2.56. The molecule has 0 spiro atoms. The van der Waals surface area contributed by atoms with E-state index in [1.807, 2.05) is 0 Å². The third-order valence-corrected chi connectivity index (χ3v) is 3.93. The van der Waals surface area contributed by atoms with Crippen LogP contribution in [0.5, 0.6) is 0 Å². The van der Waals surface area contributed by atoms with Crippen molar-refractivity contribution in [1.82, 2.24) is 19.1 Å². The minimum Gasteiger partial charge on any atom is -0.760 e. The summed E-state index contributed by atoms with van der Waals surface area (Å²) in [5.74, 6) is -0.198. The van der Waals surface area contributed by atoms with Crippen LogP contribution in [0.25, 0.3) is 5.69 Å². The summed E-state index contributed by atoms with van der Waals surface area (Å²) in [5, 5.41) is 3.90. The number of hydrogen-bond donors (Lipinski definition) is 1. The van der Waals surface area contributed by atoms with Crippen molar-refractivity contribution in [3.63, 3.8) is 0 Å². The molecule has 1 N–H and O–H groups in total. The second-order valence-corrected chi connectivity index (χ2v) is 5.91. The van der Waals surface area contributed by atoms with Gasteiger partial charge in [-0.25, -0.2) is 14.1 Å². The van der Waals surface area contributed by atoms with E-state index in [-0.39, 0.29) is 32.7 Å². The van der Waals surface area contributed by atoms with E-state index in [9.17, 15) is 22.3 Å². The topological polar surface area (TPSA) is 92.0 Å². The monoisotopic (exact) mass is 385 g/mol. The number of nitrogens with one attached hydrogen (secondary N) is 1. The number of aromatic nitrogens is 3. The summed E-state index contributed by atoms with van der Waals surface area (Å²) >= 11 is 9.41. The lowest BCUT2D eigenvalue weighted by atomic mass is 10.2. The lowest BCUT2D eigenvalue weighted by Gasteiger charge is -2.11. The van der Waals surface area contributed by atoms with Gasteiger partial charge in [0.15, 0.2) is 0 Å². The fraction of sp³-hybridized carbons (Fsp3) is 0.273. The normalized spacial score (nSPS) is 12.8. The molecule has 126 valence electrons. The molecule has 1 atom stereocenters. The van der Waals surface area contributed by atoms with Crippen molar-refractivity contribution in [2.24, 2.45) is 0 Å². The number of hydrogen-bond acceptors (Lipinski definition) is 4. The van der Waals surface area contributed by atoms with Gasteiger partial charge in [0, 0.05) is 22.8 Å². The Labute approximate surface area is 141 Å². The van der Waals surface area contributed by atoms with Crippen molar-refractivity contribution in [3.05, 3.63) is 44.1 Å². The standard InChI is InChI=1S/C11H10Cl2F2N4O3S/c1-5-17-19(11(20)18(5)10(14)15)9-2-6(4-16-23(21)22)7(12)3-8(9)13/h2-3,10,16H,4H2,1H3,(H,21,22)/p-1. The van der Waals surface area contributed by atoms with Crippen molar-refractivity contribution in [3.8, 4) is 5.69 Å². The Morgan fingerprint density at radius 2 is 2.04 bits per heavy atom. The number of nitrogens with zero attached hydrogens (tertiary/aromatic N) is 3. The Hall–Kier alpha value is -1.33. The van der Waals surface area contributed by atoms with Crippen LogP contribution in [0.4, 0.5) is 8.78 Å². The molecule has 1 aromatic heterocycles. The van der Waals surface area contributed by atoms with Crippen LogP contribution in [0.3, 0.4) is 0 Å². The Bertz CT molecular complexity index is 824. The molecule has 0 aliphatic carbocycles. The molecule has 0 saturated heterocycles. The molecule has 1 heterocycles. The quantitative estimate of drug-likeness (QED) is 0.795. The van der Waals surface area contributed by atoms with E-state index >= 15 is 0 Å². The molecular formula is C11H9Cl2F2N4O3S-. The maximum atomic E-state index is 12.8. The molecule has 7 nitrogen and oxygen atoms in total. The Morgan fingerprint density at radius 1 is 1.39 bits per heavy atom. The van der Waals surface area contributed by atoms with Gasteiger partial charge in [-0.1, -0.05) is 23.2 Å². The average molecular weight is 386 g/mol. The number of rotatable bonds is 5. The van der Waals surface area contributed by atoms with Crippen LogP contribution in [0.1, 0.15) is 17.9 Å². The number of halogens is 4. The van der Waals surface area contributed by atoms with Gasteiger partial charge in [-0.05, 0) is 24.6 Å². The summed E-state index contributed by atoms with van der Waals surface area (Å²) in [6.45, 7) is -1.97. The van der Waals surface area contributed by atoms with Gasteiger partial charge in [-0.15, -0.1) is 5.10 Å². The highest BCUT2D eigenvalue weighted by molar-refractivity contribution is 7.77. The van der Waals surface area contributed by atoms with E-state index in [1.165, 1.54) is 19.1 Å². The first-order valence-corrected chi connectivity index (χ1v) is 7.82. The van der Waals surface area contributed by atoms with Gasteiger partial charge in [-0.2, -0.15) is 13.5 Å². The van der Waals surface area contributed by atoms with Crippen LogP contribution < -0.4 is 10.4 Å². The van der Waals surface area contributed by atoms with Crippen LogP contribution in [0, 0.1) is 6.92 Å². The van der Waals surface area contributed by atoms with E-state index in [2.05, 4.69) is 9.82 Å². The van der Waals surface area contributed by atoms with Crippen LogP contribution in [-0.4, -0.2) is 23.1 Å². The highest BCUT2D eigenvalue weighted by Crippen LogP contribution is 2.27. The summed E-state index contributed by atoms with van der Waals surface area (Å²) in [4.78, 5) is 12.0. The largest absolute Gasteiger partial charge is 0.760 e. The van der Waals surface area contributed by atoms with E-state index in [0.29, 0.717) is 10.2 Å². The first-order chi connectivity index (χ1) is 10.7. The third kappa shape index (κ3) is 3.78. The molecule has 12 heteroatoms. The number of alkyl halides is 2. The second-order valence-electron chi connectivity index (χ2n) is 4.34. The Morgan fingerprint density at radius 3 is 2.57 bits per heavy atom. The van der Waals surface area contributed by atoms with E-state index in [0.717, 1.165) is 0 Å². The zero-order valence-corrected chi connectivity index (χ0v) is 13.8. The summed E-state index contributed by atoms with van der Waals surface area (Å²) in [6, 6.07) is 2.57. The van der Waals surface area contributed by atoms with Crippen LogP contribution in [-0.2, 0) is 17.8 Å². The van der Waals surface area contributed by atoms with Crippen molar-refractivity contribution in [2.75, 3.05) is 0 Å². The molecule has 2 rings (SSSR count). The van der Waals surface area contributed by atoms with Crippen molar-refractivity contribution in [1.29, 1.82) is 0 Å². The van der Waals surface area contributed by atoms with Gasteiger partial charge in [0.05, 0.1) is 10.7 Å². The molecule has 0 aliphatic rings. The number of benzene rings is 1. The van der Waals surface area contributed by atoms with Gasteiger partial charge in [0.1, 0.15) is 5.82 Å². The van der Waals surface area contributed by atoms with Gasteiger partial charge >= 0.3 is 12.2 Å². The second kappa shape index (κ2) is 7.05. The molecule has 0 aliphatic heterocycles. The lowest BCUT2D eigenvalue weighted by Crippen LogP contribution is -2.25. The smallest absolute Gasteiger partial charge is 0.355 e. The maximum Gasteiger partial charge on any atom is 0.355 e. The predicted octanol–water partition coefficient (Wildman–Crippen LogP) is 1.93. The van der Waals surface area contributed by atoms with E-state index in [1.54, 1.807) is 0 Å². The molecule has 0 fully saturated rings. The summed E-state index contributed by atoms with van der Waals surface area (Å²) in [7, 11) is 0. The number of aryl methyl sites for hydroxylation is 1. The molecule has 1 unspecified atom stereocenters. The van der Waals surface area contributed by atoms with E-state index < -0.39 is 23.5 Å². The molecule has 23 heavy (non-hydrogen) atoms. The average Bonchev–Trinajstić information content (AvgIpc) is 2.72. The summed E-state index contributed by atoms with van der Waals surface area (Å²) in [6.07, 6.45) is 0. The van der Waals surface area contributed by atoms with Gasteiger partial charge in [0.2, 0.25) is 0 Å². The molecule has 0 amide bonds. The minimum absolute atomic E-state index is 0.00279. The van der Waals surface area contributed by atoms with E-state index in [4.69, 9.17) is 23.2 Å². The third-order valence-electron chi connectivity index (χ3n) is 2.90.